The van der Waals surface area contributed by atoms with Gasteiger partial charge >= 0.3 is 5.97 Å². The van der Waals surface area contributed by atoms with Crippen LogP contribution in [0.1, 0.15) is 10.5 Å². The molecular weight excluding hydrogens is 265 g/mol. The normalized spacial score (nSPS) is 10.6. The molecule has 3 nitrogen and oxygen atoms in total. The van der Waals surface area contributed by atoms with Crippen LogP contribution in [0, 0.1) is 5.82 Å². The molecule has 0 atom stereocenters. The van der Waals surface area contributed by atoms with Crippen molar-refractivity contribution in [3.63, 3.8) is 0 Å². The molecule has 0 aliphatic rings. The molecule has 2 aromatic rings. The maximum atomic E-state index is 13.2. The van der Waals surface area contributed by atoms with Crippen LogP contribution in [-0.4, -0.2) is 18.1 Å². The highest BCUT2D eigenvalue weighted by Crippen LogP contribution is 2.23. The third kappa shape index (κ3) is 1.74. The molecule has 0 bridgehead atoms. The standard InChI is InChI=1S/C10H7BrFNO2/c1-15-10(14)9-3-5-2-6(11)7(12)4-8(5)13-9/h2-4,13H,1H3. The molecule has 2 rings (SSSR count). The molecule has 5 heteroatoms. The summed E-state index contributed by atoms with van der Waals surface area (Å²) < 4.78 is 18.1. The Hall–Kier alpha value is -1.36. The smallest absolute Gasteiger partial charge is 0.354 e. The molecule has 0 unspecified atom stereocenters. The minimum atomic E-state index is -0.470. The highest BCUT2D eigenvalue weighted by Gasteiger charge is 2.11. The molecule has 15 heavy (non-hydrogen) atoms. The molecule has 0 aliphatic heterocycles. The zero-order valence-electron chi connectivity index (χ0n) is 7.80. The van der Waals surface area contributed by atoms with Gasteiger partial charge in [-0.1, -0.05) is 0 Å². The number of aromatic nitrogens is 1. The lowest BCUT2D eigenvalue weighted by Gasteiger charge is -1.93. The number of hydrogen-bond donors (Lipinski definition) is 1. The third-order valence-corrected chi connectivity index (χ3v) is 2.67. The van der Waals surface area contributed by atoms with E-state index in [2.05, 4.69) is 25.7 Å². The number of fused-ring (bicyclic) bond motifs is 1. The van der Waals surface area contributed by atoms with E-state index in [9.17, 15) is 9.18 Å². The van der Waals surface area contributed by atoms with Gasteiger partial charge in [0, 0.05) is 10.9 Å². The summed E-state index contributed by atoms with van der Waals surface area (Å²) in [7, 11) is 1.30. The van der Waals surface area contributed by atoms with Crippen LogP contribution < -0.4 is 0 Å². The van der Waals surface area contributed by atoms with Crippen molar-refractivity contribution >= 4 is 32.8 Å². The van der Waals surface area contributed by atoms with E-state index in [1.807, 2.05) is 0 Å². The van der Waals surface area contributed by atoms with Crippen molar-refractivity contribution < 1.29 is 13.9 Å². The van der Waals surface area contributed by atoms with E-state index < -0.39 is 5.97 Å². The summed E-state index contributed by atoms with van der Waals surface area (Å²) in [6.07, 6.45) is 0. The molecule has 78 valence electrons. The van der Waals surface area contributed by atoms with Gasteiger partial charge in [-0.25, -0.2) is 9.18 Å². The number of halogens is 2. The lowest BCUT2D eigenvalue weighted by Crippen LogP contribution is -2.00. The first kappa shape index (κ1) is 10.2. The summed E-state index contributed by atoms with van der Waals surface area (Å²) in [6, 6.07) is 4.55. The maximum Gasteiger partial charge on any atom is 0.354 e. The number of methoxy groups -OCH3 is 1. The van der Waals surface area contributed by atoms with Gasteiger partial charge in [-0.2, -0.15) is 0 Å². The zero-order valence-corrected chi connectivity index (χ0v) is 9.39. The highest BCUT2D eigenvalue weighted by atomic mass is 79.9. The van der Waals surface area contributed by atoms with Crippen LogP contribution in [0.15, 0.2) is 22.7 Å². The summed E-state index contributed by atoms with van der Waals surface area (Å²) in [5, 5.41) is 0.753. The Balaban J connectivity index is 2.61. The fourth-order valence-corrected chi connectivity index (χ4v) is 1.71. The van der Waals surface area contributed by atoms with Crippen LogP contribution in [0.3, 0.4) is 0 Å². The van der Waals surface area contributed by atoms with E-state index >= 15 is 0 Å². The highest BCUT2D eigenvalue weighted by molar-refractivity contribution is 9.10. The van der Waals surface area contributed by atoms with Gasteiger partial charge in [-0.05, 0) is 34.1 Å². The van der Waals surface area contributed by atoms with Crippen molar-refractivity contribution in [3.8, 4) is 0 Å². The fourth-order valence-electron chi connectivity index (χ4n) is 1.35. The van der Waals surface area contributed by atoms with Crippen LogP contribution in [0.5, 0.6) is 0 Å². The number of carbonyl (C=O) groups excluding carboxylic acids is 1. The molecule has 0 amide bonds. The average molecular weight is 272 g/mol. The molecule has 1 aromatic heterocycles. The second-order valence-electron chi connectivity index (χ2n) is 3.03. The van der Waals surface area contributed by atoms with Gasteiger partial charge in [0.2, 0.25) is 0 Å². The monoisotopic (exact) mass is 271 g/mol. The number of benzene rings is 1. The first-order valence-corrected chi connectivity index (χ1v) is 4.97. The van der Waals surface area contributed by atoms with E-state index in [0.29, 0.717) is 15.7 Å². The summed E-state index contributed by atoms with van der Waals surface area (Å²) in [4.78, 5) is 14.0. The Bertz CT molecular complexity index is 496. The first-order valence-electron chi connectivity index (χ1n) is 4.18. The topological polar surface area (TPSA) is 42.1 Å². The quantitative estimate of drug-likeness (QED) is 0.811. The molecule has 1 N–H and O–H groups in total. The Morgan fingerprint density at radius 1 is 1.47 bits per heavy atom. The number of nitrogens with one attached hydrogen (secondary N) is 1. The zero-order chi connectivity index (χ0) is 11.0. The lowest BCUT2D eigenvalue weighted by molar-refractivity contribution is 0.0595. The number of H-pyrrole nitrogens is 1. The Morgan fingerprint density at radius 2 is 2.20 bits per heavy atom. The molecule has 0 fully saturated rings. The summed E-state index contributed by atoms with van der Waals surface area (Å²) >= 11 is 3.07. The van der Waals surface area contributed by atoms with Gasteiger partial charge in [0.05, 0.1) is 11.6 Å². The molecule has 0 saturated carbocycles. The second-order valence-corrected chi connectivity index (χ2v) is 3.88. The van der Waals surface area contributed by atoms with E-state index in [-0.39, 0.29) is 5.82 Å². The Kier molecular flexibility index (Phi) is 2.48. The van der Waals surface area contributed by atoms with Gasteiger partial charge in [0.15, 0.2) is 0 Å². The molecule has 0 saturated heterocycles. The van der Waals surface area contributed by atoms with Crippen molar-refractivity contribution in [2.24, 2.45) is 0 Å². The minimum absolute atomic E-state index is 0.310. The predicted octanol–water partition coefficient (Wildman–Crippen LogP) is 2.86. The molecule has 1 aromatic carbocycles. The summed E-state index contributed by atoms with van der Waals surface area (Å²) in [5.74, 6) is -0.844. The minimum Gasteiger partial charge on any atom is -0.464 e. The van der Waals surface area contributed by atoms with Crippen molar-refractivity contribution in [1.82, 2.24) is 4.98 Å². The lowest BCUT2D eigenvalue weighted by atomic mass is 10.2. The van der Waals surface area contributed by atoms with E-state index in [1.165, 1.54) is 13.2 Å². The van der Waals surface area contributed by atoms with Crippen LogP contribution in [0.25, 0.3) is 10.9 Å². The SMILES string of the molecule is COC(=O)c1cc2cc(Br)c(F)cc2[nH]1. The number of ether oxygens (including phenoxy) is 1. The van der Waals surface area contributed by atoms with Gasteiger partial charge in [-0.15, -0.1) is 0 Å². The summed E-state index contributed by atoms with van der Waals surface area (Å²) in [5.41, 5.74) is 0.876. The van der Waals surface area contributed by atoms with E-state index in [1.54, 1.807) is 12.1 Å². The Morgan fingerprint density at radius 3 is 2.87 bits per heavy atom. The van der Waals surface area contributed by atoms with E-state index in [0.717, 1.165) is 5.39 Å². The number of aromatic amines is 1. The van der Waals surface area contributed by atoms with Crippen LogP contribution in [-0.2, 0) is 4.74 Å². The van der Waals surface area contributed by atoms with Gasteiger partial charge in [-0.3, -0.25) is 0 Å². The maximum absolute atomic E-state index is 13.2. The van der Waals surface area contributed by atoms with Crippen molar-refractivity contribution in [2.75, 3.05) is 7.11 Å². The second kappa shape index (κ2) is 3.66. The summed E-state index contributed by atoms with van der Waals surface area (Å²) in [6.45, 7) is 0. The van der Waals surface area contributed by atoms with Crippen LogP contribution in [0.2, 0.25) is 0 Å². The largest absolute Gasteiger partial charge is 0.464 e. The van der Waals surface area contributed by atoms with E-state index in [4.69, 9.17) is 0 Å². The first-order chi connectivity index (χ1) is 7.11. The molecule has 1 heterocycles. The molecule has 0 radical (unpaired) electrons. The number of rotatable bonds is 1. The van der Waals surface area contributed by atoms with Crippen molar-refractivity contribution in [3.05, 3.63) is 34.2 Å². The Labute approximate surface area is 93.4 Å². The fraction of sp³-hybridized carbons (Fsp3) is 0.100. The third-order valence-electron chi connectivity index (χ3n) is 2.07. The number of esters is 1. The number of hydrogen-bond acceptors (Lipinski definition) is 2. The molecule has 0 spiro atoms. The number of carbonyl (C=O) groups is 1. The van der Waals surface area contributed by atoms with Crippen LogP contribution in [0.4, 0.5) is 4.39 Å². The van der Waals surface area contributed by atoms with Crippen molar-refractivity contribution in [2.45, 2.75) is 0 Å². The average Bonchev–Trinajstić information content (AvgIpc) is 2.60. The van der Waals surface area contributed by atoms with Gasteiger partial charge in [0.1, 0.15) is 11.5 Å². The van der Waals surface area contributed by atoms with Gasteiger partial charge < -0.3 is 9.72 Å². The van der Waals surface area contributed by atoms with Crippen LogP contribution >= 0.6 is 15.9 Å². The van der Waals surface area contributed by atoms with Gasteiger partial charge in [0.25, 0.3) is 0 Å². The molecular formula is C10H7BrFNO2. The van der Waals surface area contributed by atoms with Crippen molar-refractivity contribution in [1.29, 1.82) is 0 Å². The predicted molar refractivity (Wildman–Crippen MR) is 57.3 cm³/mol. The molecule has 0 aliphatic carbocycles.